The van der Waals surface area contributed by atoms with E-state index in [0.29, 0.717) is 56.1 Å². The number of benzene rings is 1. The molecule has 1 aromatic carbocycles. The van der Waals surface area contributed by atoms with Gasteiger partial charge in [-0.05, 0) is 86.8 Å². The van der Waals surface area contributed by atoms with Crippen LogP contribution in [0.4, 0.5) is 0 Å². The van der Waals surface area contributed by atoms with Crippen LogP contribution in [0.3, 0.4) is 0 Å². The van der Waals surface area contributed by atoms with Crippen molar-refractivity contribution in [1.29, 1.82) is 0 Å². The van der Waals surface area contributed by atoms with Crippen LogP contribution in [0.1, 0.15) is 76.2 Å². The predicted molar refractivity (Wildman–Crippen MR) is 179 cm³/mol. The van der Waals surface area contributed by atoms with E-state index >= 15 is 0 Å². The molecule has 0 bridgehead atoms. The van der Waals surface area contributed by atoms with Crippen LogP contribution in [0.2, 0.25) is 5.02 Å². The molecule has 47 heavy (non-hydrogen) atoms. The molecule has 1 atom stereocenters. The zero-order chi connectivity index (χ0) is 33.8. The van der Waals surface area contributed by atoms with E-state index in [1.807, 2.05) is 33.8 Å². The van der Waals surface area contributed by atoms with Gasteiger partial charge in [-0.25, -0.2) is 21.8 Å². The number of nitrogens with one attached hydrogen (secondary N) is 1. The highest BCUT2D eigenvalue weighted by molar-refractivity contribution is 8.04. The van der Waals surface area contributed by atoms with E-state index < -0.39 is 37.9 Å². The number of carbonyl (C=O) groups is 2. The lowest BCUT2D eigenvalue weighted by Gasteiger charge is -2.48. The minimum absolute atomic E-state index is 0.0257. The van der Waals surface area contributed by atoms with Crippen molar-refractivity contribution in [2.24, 2.45) is 17.3 Å². The van der Waals surface area contributed by atoms with Crippen molar-refractivity contribution in [3.05, 3.63) is 47.5 Å². The molecule has 260 valence electrons. The summed E-state index contributed by atoms with van der Waals surface area (Å²) in [6, 6.07) is 6.88. The molecule has 2 aromatic rings. The smallest absolute Gasteiger partial charge is 0.253 e. The zero-order valence-corrected chi connectivity index (χ0v) is 29.6. The van der Waals surface area contributed by atoms with Gasteiger partial charge in [-0.2, -0.15) is 5.10 Å². The molecule has 1 N–H and O–H groups in total. The van der Waals surface area contributed by atoms with Crippen molar-refractivity contribution in [3.63, 3.8) is 0 Å². The fourth-order valence-corrected chi connectivity index (χ4v) is 11.1. The fourth-order valence-electron chi connectivity index (χ4n) is 8.03. The molecule has 5 rings (SSSR count). The monoisotopic (exact) mass is 710 g/mol. The van der Waals surface area contributed by atoms with Crippen LogP contribution in [0.25, 0.3) is 0 Å². The maximum absolute atomic E-state index is 14.2. The van der Waals surface area contributed by atoms with E-state index in [-0.39, 0.29) is 21.1 Å². The van der Waals surface area contributed by atoms with Crippen molar-refractivity contribution in [1.82, 2.24) is 28.7 Å². The number of rotatable bonds is 11. The van der Waals surface area contributed by atoms with Crippen LogP contribution in [0, 0.1) is 17.3 Å². The molecule has 1 saturated heterocycles. The van der Waals surface area contributed by atoms with Gasteiger partial charge in [-0.3, -0.25) is 14.3 Å². The first-order valence-corrected chi connectivity index (χ1v) is 20.7. The molecule has 2 saturated carbocycles. The summed E-state index contributed by atoms with van der Waals surface area (Å²) in [4.78, 5) is 33.4. The zero-order valence-electron chi connectivity index (χ0n) is 27.3. The number of nitrogens with zero attached hydrogens (tertiary/aromatic N) is 5. The van der Waals surface area contributed by atoms with Crippen molar-refractivity contribution in [3.8, 4) is 0 Å². The SMILES string of the molecule is CS(=O)(=O)N(C(=O)[C@H]1CC[C@H](N[C@H](Cc2ccc(Cl)cc2)C(=O)N2CCC(Cn3cncn3)(C3CCCCC3)CC2)CC1)S(C)(=O)=O. The van der Waals surface area contributed by atoms with Gasteiger partial charge in [0.2, 0.25) is 26.0 Å². The van der Waals surface area contributed by atoms with E-state index in [4.69, 9.17) is 11.6 Å². The topological polar surface area (TPSA) is 152 Å². The van der Waals surface area contributed by atoms with Gasteiger partial charge in [0, 0.05) is 36.6 Å². The third kappa shape index (κ3) is 8.93. The van der Waals surface area contributed by atoms with E-state index in [1.165, 1.54) is 32.1 Å². The second kappa shape index (κ2) is 14.9. The number of amides is 2. The Kier molecular flexibility index (Phi) is 11.3. The first-order chi connectivity index (χ1) is 22.2. The van der Waals surface area contributed by atoms with Crippen LogP contribution in [-0.4, -0.2) is 89.7 Å². The molecule has 3 fully saturated rings. The lowest BCUT2D eigenvalue weighted by atomic mass is 9.63. The number of piperidine rings is 1. The Morgan fingerprint density at radius 3 is 2.13 bits per heavy atom. The van der Waals surface area contributed by atoms with Crippen molar-refractivity contribution in [2.45, 2.75) is 95.7 Å². The summed E-state index contributed by atoms with van der Waals surface area (Å²) >= 11 is 6.14. The van der Waals surface area contributed by atoms with Gasteiger partial charge in [0.25, 0.3) is 5.91 Å². The van der Waals surface area contributed by atoms with Crippen LogP contribution in [-0.2, 0) is 42.6 Å². The molecule has 0 unspecified atom stereocenters. The second-order valence-electron chi connectivity index (χ2n) is 13.8. The molecule has 2 heterocycles. The average Bonchev–Trinajstić information content (AvgIpc) is 3.54. The molecular formula is C32H47ClN6O6S2. The molecule has 0 radical (unpaired) electrons. The Morgan fingerprint density at radius 2 is 1.57 bits per heavy atom. The molecule has 15 heteroatoms. The normalized spacial score (nSPS) is 23.3. The number of sulfonamides is 2. The highest BCUT2D eigenvalue weighted by Crippen LogP contribution is 2.47. The highest BCUT2D eigenvalue weighted by Gasteiger charge is 2.44. The average molecular weight is 711 g/mol. The Bertz CT molecular complexity index is 1550. The summed E-state index contributed by atoms with van der Waals surface area (Å²) in [6.07, 6.45) is 14.9. The minimum Gasteiger partial charge on any atom is -0.341 e. The number of aromatic nitrogens is 3. The van der Waals surface area contributed by atoms with Gasteiger partial charge in [0.15, 0.2) is 0 Å². The maximum Gasteiger partial charge on any atom is 0.253 e. The largest absolute Gasteiger partial charge is 0.341 e. The Balaban J connectivity index is 1.27. The molecule has 12 nitrogen and oxygen atoms in total. The molecule has 1 aliphatic heterocycles. The second-order valence-corrected chi connectivity index (χ2v) is 18.1. The molecule has 3 aliphatic rings. The predicted octanol–water partition coefficient (Wildman–Crippen LogP) is 3.63. The van der Waals surface area contributed by atoms with E-state index in [0.717, 1.165) is 37.5 Å². The summed E-state index contributed by atoms with van der Waals surface area (Å²) in [5.41, 5.74) is 1.04. The van der Waals surface area contributed by atoms with E-state index in [9.17, 15) is 26.4 Å². The van der Waals surface area contributed by atoms with Gasteiger partial charge in [-0.1, -0.05) is 43.0 Å². The number of halogens is 1. The third-order valence-corrected chi connectivity index (χ3v) is 13.9. The molecule has 2 amide bonds. The van der Waals surface area contributed by atoms with Crippen molar-refractivity contribution >= 4 is 43.5 Å². The molecule has 2 aliphatic carbocycles. The summed E-state index contributed by atoms with van der Waals surface area (Å²) in [5, 5.41) is 8.62. The molecule has 1 aromatic heterocycles. The first-order valence-electron chi connectivity index (χ1n) is 16.6. The fraction of sp³-hybridized carbons (Fsp3) is 0.688. The quantitative estimate of drug-likeness (QED) is 0.369. The van der Waals surface area contributed by atoms with Gasteiger partial charge in [0.1, 0.15) is 12.7 Å². The van der Waals surface area contributed by atoms with Crippen LogP contribution < -0.4 is 5.32 Å². The van der Waals surface area contributed by atoms with E-state index in [2.05, 4.69) is 15.4 Å². The molecular weight excluding hydrogens is 664 g/mol. The summed E-state index contributed by atoms with van der Waals surface area (Å²) < 4.78 is 50.6. The van der Waals surface area contributed by atoms with Crippen LogP contribution >= 0.6 is 11.6 Å². The van der Waals surface area contributed by atoms with Gasteiger partial charge < -0.3 is 10.2 Å². The summed E-state index contributed by atoms with van der Waals surface area (Å²) in [6.45, 7) is 2.14. The van der Waals surface area contributed by atoms with Gasteiger partial charge >= 0.3 is 0 Å². The maximum atomic E-state index is 14.2. The Hall–Kier alpha value is -2.55. The lowest BCUT2D eigenvalue weighted by Crippen LogP contribution is -2.55. The number of likely N-dealkylation sites (tertiary alicyclic amines) is 1. The molecule has 0 spiro atoms. The lowest BCUT2D eigenvalue weighted by molar-refractivity contribution is -0.137. The Labute approximate surface area is 283 Å². The number of hydrogen-bond donors (Lipinski definition) is 1. The number of hydrogen-bond acceptors (Lipinski definition) is 9. The summed E-state index contributed by atoms with van der Waals surface area (Å²) in [7, 11) is -8.57. The third-order valence-electron chi connectivity index (χ3n) is 10.4. The van der Waals surface area contributed by atoms with Crippen LogP contribution in [0.5, 0.6) is 0 Å². The van der Waals surface area contributed by atoms with E-state index in [1.54, 1.807) is 12.7 Å². The summed E-state index contributed by atoms with van der Waals surface area (Å²) in [5.74, 6) is -1.01. The Morgan fingerprint density at radius 1 is 0.957 bits per heavy atom. The minimum atomic E-state index is -4.28. The van der Waals surface area contributed by atoms with Gasteiger partial charge in [-0.15, -0.1) is 3.71 Å². The van der Waals surface area contributed by atoms with Crippen molar-refractivity contribution in [2.75, 3.05) is 25.6 Å². The van der Waals surface area contributed by atoms with Gasteiger partial charge in [0.05, 0.1) is 18.6 Å². The number of carbonyl (C=O) groups excluding carboxylic acids is 2. The van der Waals surface area contributed by atoms with Crippen molar-refractivity contribution < 1.29 is 26.4 Å². The highest BCUT2D eigenvalue weighted by atomic mass is 35.5. The first kappa shape index (κ1) is 35.7. The standard InChI is InChI=1S/C32H47ClN6O6S2/c1-46(42,43)39(47(2,44)45)30(40)25-10-14-28(15-11-25)36-29(20-24-8-12-27(33)13-9-24)31(41)37-18-16-32(17-19-37,21-38-23-34-22-35-38)26-6-4-3-5-7-26/h8-9,12-13,22-23,25-26,28-29,36H,3-7,10-11,14-21H2,1-2H3/t25-,28-,29-/m1/s1. The van der Waals surface area contributed by atoms with Crippen LogP contribution in [0.15, 0.2) is 36.9 Å².